The maximum atomic E-state index is 11.6. The largest absolute Gasteiger partial charge is 0.496 e. The van der Waals surface area contributed by atoms with Crippen molar-refractivity contribution in [3.63, 3.8) is 0 Å². The summed E-state index contributed by atoms with van der Waals surface area (Å²) in [6.07, 6.45) is 0. The molecule has 1 unspecified atom stereocenters. The zero-order valence-electron chi connectivity index (χ0n) is 10.9. The first-order chi connectivity index (χ1) is 9.04. The number of methoxy groups -OCH3 is 1. The Bertz CT molecular complexity index is 450. The van der Waals surface area contributed by atoms with Crippen molar-refractivity contribution in [2.75, 3.05) is 12.9 Å². The molecule has 1 atom stereocenters. The maximum Gasteiger partial charge on any atom is 0.316 e. The number of ether oxygens (including phenoxy) is 1. The number of hydrogen-bond donors (Lipinski definition) is 2. The summed E-state index contributed by atoms with van der Waals surface area (Å²) in [5.74, 6) is -0.260. The molecule has 6 heteroatoms. The number of amides is 1. The second kappa shape index (κ2) is 7.68. The Morgan fingerprint density at radius 1 is 1.42 bits per heavy atom. The Morgan fingerprint density at radius 3 is 2.74 bits per heavy atom. The summed E-state index contributed by atoms with van der Waals surface area (Å²) in [7, 11) is 1.57. The van der Waals surface area contributed by atoms with E-state index in [1.54, 1.807) is 14.0 Å². The number of nitrogens with one attached hydrogen (secondary N) is 1. The molecular weight excluding hydrogens is 266 g/mol. The van der Waals surface area contributed by atoms with Crippen LogP contribution in [0, 0.1) is 0 Å². The molecular formula is C13H17NO4S. The van der Waals surface area contributed by atoms with E-state index >= 15 is 0 Å². The highest BCUT2D eigenvalue weighted by Crippen LogP contribution is 2.17. The zero-order chi connectivity index (χ0) is 14.3. The van der Waals surface area contributed by atoms with Crippen molar-refractivity contribution >= 4 is 23.6 Å². The van der Waals surface area contributed by atoms with Crippen molar-refractivity contribution in [3.8, 4) is 5.75 Å². The van der Waals surface area contributed by atoms with Crippen LogP contribution in [-0.2, 0) is 16.1 Å². The topological polar surface area (TPSA) is 75.6 Å². The number of benzene rings is 1. The molecule has 2 N–H and O–H groups in total. The molecule has 0 aromatic heterocycles. The van der Waals surface area contributed by atoms with Crippen molar-refractivity contribution in [1.82, 2.24) is 5.32 Å². The van der Waals surface area contributed by atoms with Crippen molar-refractivity contribution in [2.24, 2.45) is 0 Å². The fraction of sp³-hybridized carbons (Fsp3) is 0.385. The van der Waals surface area contributed by atoms with E-state index in [-0.39, 0.29) is 11.7 Å². The van der Waals surface area contributed by atoms with E-state index in [0.717, 1.165) is 17.3 Å². The molecule has 19 heavy (non-hydrogen) atoms. The Hall–Kier alpha value is -1.69. The molecule has 0 saturated carbocycles. The third kappa shape index (κ3) is 5.21. The number of rotatable bonds is 7. The van der Waals surface area contributed by atoms with E-state index < -0.39 is 11.2 Å². The maximum absolute atomic E-state index is 11.6. The van der Waals surface area contributed by atoms with E-state index in [0.29, 0.717) is 12.3 Å². The van der Waals surface area contributed by atoms with Gasteiger partial charge in [-0.25, -0.2) is 0 Å². The average Bonchev–Trinajstić information content (AvgIpc) is 2.42. The van der Waals surface area contributed by atoms with E-state index in [9.17, 15) is 9.59 Å². The molecule has 0 saturated heterocycles. The average molecular weight is 283 g/mol. The van der Waals surface area contributed by atoms with Crippen molar-refractivity contribution in [3.05, 3.63) is 29.8 Å². The molecule has 0 aliphatic carbocycles. The van der Waals surface area contributed by atoms with Crippen LogP contribution in [0.4, 0.5) is 0 Å². The number of carboxylic acids is 1. The lowest BCUT2D eigenvalue weighted by molar-refractivity contribution is -0.136. The second-order valence-electron chi connectivity index (χ2n) is 3.88. The molecule has 0 radical (unpaired) electrons. The number of carbonyl (C=O) groups excluding carboxylic acids is 1. The van der Waals surface area contributed by atoms with Gasteiger partial charge in [0.25, 0.3) is 0 Å². The predicted octanol–water partition coefficient (Wildman–Crippen LogP) is 1.52. The van der Waals surface area contributed by atoms with Crippen LogP contribution in [-0.4, -0.2) is 35.1 Å². The minimum atomic E-state index is -0.914. The molecule has 1 rings (SSSR count). The first kappa shape index (κ1) is 15.4. The van der Waals surface area contributed by atoms with Gasteiger partial charge in [0.15, 0.2) is 0 Å². The highest BCUT2D eigenvalue weighted by atomic mass is 32.2. The first-order valence-electron chi connectivity index (χ1n) is 5.77. The summed E-state index contributed by atoms with van der Waals surface area (Å²) in [5, 5.41) is 10.9. The Kier molecular flexibility index (Phi) is 6.21. The van der Waals surface area contributed by atoms with Crippen molar-refractivity contribution in [2.45, 2.75) is 18.7 Å². The molecule has 0 fully saturated rings. The summed E-state index contributed by atoms with van der Waals surface area (Å²) in [6, 6.07) is 7.41. The monoisotopic (exact) mass is 283 g/mol. The van der Waals surface area contributed by atoms with Gasteiger partial charge in [0, 0.05) is 12.1 Å². The van der Waals surface area contributed by atoms with Gasteiger partial charge in [-0.3, -0.25) is 9.59 Å². The summed E-state index contributed by atoms with van der Waals surface area (Å²) in [6.45, 7) is 1.92. The molecule has 0 aliphatic rings. The number of carbonyl (C=O) groups is 2. The van der Waals surface area contributed by atoms with Crippen LogP contribution >= 0.6 is 11.8 Å². The van der Waals surface area contributed by atoms with E-state index in [1.807, 2.05) is 24.3 Å². The standard InChI is InChI=1S/C13H17NO4S/c1-9(13(16)17)19-8-12(15)14-7-10-5-3-4-6-11(10)18-2/h3-6,9H,7-8H2,1-2H3,(H,14,15)(H,16,17). The van der Waals surface area contributed by atoms with Crippen LogP contribution < -0.4 is 10.1 Å². The molecule has 1 aromatic rings. The van der Waals surface area contributed by atoms with Crippen LogP contribution in [0.3, 0.4) is 0 Å². The summed E-state index contributed by atoms with van der Waals surface area (Å²) >= 11 is 1.09. The Labute approximate surface area is 116 Å². The Morgan fingerprint density at radius 2 is 2.11 bits per heavy atom. The highest BCUT2D eigenvalue weighted by molar-refractivity contribution is 8.01. The summed E-state index contributed by atoms with van der Waals surface area (Å²) in [4.78, 5) is 22.2. The number of thioether (sulfide) groups is 1. The Balaban J connectivity index is 2.40. The van der Waals surface area contributed by atoms with Gasteiger partial charge in [0.2, 0.25) is 5.91 Å². The molecule has 0 spiro atoms. The number of hydrogen-bond acceptors (Lipinski definition) is 4. The van der Waals surface area contributed by atoms with Crippen LogP contribution in [0.1, 0.15) is 12.5 Å². The van der Waals surface area contributed by atoms with Crippen LogP contribution in [0.5, 0.6) is 5.75 Å². The van der Waals surface area contributed by atoms with Gasteiger partial charge >= 0.3 is 5.97 Å². The van der Waals surface area contributed by atoms with Gasteiger partial charge in [-0.05, 0) is 13.0 Å². The summed E-state index contributed by atoms with van der Waals surface area (Å²) < 4.78 is 5.17. The zero-order valence-corrected chi connectivity index (χ0v) is 11.7. The molecule has 1 aromatic carbocycles. The van der Waals surface area contributed by atoms with Gasteiger partial charge in [0.1, 0.15) is 5.75 Å². The highest BCUT2D eigenvalue weighted by Gasteiger charge is 2.13. The lowest BCUT2D eigenvalue weighted by Gasteiger charge is -2.10. The molecule has 104 valence electrons. The second-order valence-corrected chi connectivity index (χ2v) is 5.21. The fourth-order valence-corrected chi connectivity index (χ4v) is 2.01. The fourth-order valence-electron chi connectivity index (χ4n) is 1.37. The van der Waals surface area contributed by atoms with Gasteiger partial charge in [0.05, 0.1) is 18.1 Å². The number of aliphatic carboxylic acids is 1. The van der Waals surface area contributed by atoms with E-state index in [4.69, 9.17) is 9.84 Å². The van der Waals surface area contributed by atoms with Crippen molar-refractivity contribution < 1.29 is 19.4 Å². The lowest BCUT2D eigenvalue weighted by atomic mass is 10.2. The quantitative estimate of drug-likeness (QED) is 0.793. The SMILES string of the molecule is COc1ccccc1CNC(=O)CSC(C)C(=O)O. The molecule has 1 amide bonds. The smallest absolute Gasteiger partial charge is 0.316 e. The third-order valence-corrected chi connectivity index (χ3v) is 3.61. The lowest BCUT2D eigenvalue weighted by Crippen LogP contribution is -2.26. The third-order valence-electron chi connectivity index (χ3n) is 2.48. The molecule has 5 nitrogen and oxygen atoms in total. The summed E-state index contributed by atoms with van der Waals surface area (Å²) in [5.41, 5.74) is 0.884. The number of para-hydroxylation sites is 1. The molecule has 0 heterocycles. The van der Waals surface area contributed by atoms with Crippen LogP contribution in [0.2, 0.25) is 0 Å². The van der Waals surface area contributed by atoms with Gasteiger partial charge in [-0.1, -0.05) is 18.2 Å². The van der Waals surface area contributed by atoms with E-state index in [1.165, 1.54) is 0 Å². The van der Waals surface area contributed by atoms with Gasteiger partial charge in [-0.2, -0.15) is 0 Å². The first-order valence-corrected chi connectivity index (χ1v) is 6.82. The van der Waals surface area contributed by atoms with Crippen molar-refractivity contribution in [1.29, 1.82) is 0 Å². The van der Waals surface area contributed by atoms with Crippen LogP contribution in [0.15, 0.2) is 24.3 Å². The number of carboxylic acid groups (broad SMARTS) is 1. The minimum Gasteiger partial charge on any atom is -0.496 e. The van der Waals surface area contributed by atoms with Gasteiger partial charge in [-0.15, -0.1) is 11.8 Å². The minimum absolute atomic E-state index is 0.128. The van der Waals surface area contributed by atoms with Crippen LogP contribution in [0.25, 0.3) is 0 Å². The van der Waals surface area contributed by atoms with Gasteiger partial charge < -0.3 is 15.2 Å². The predicted molar refractivity (Wildman–Crippen MR) is 74.4 cm³/mol. The normalized spacial score (nSPS) is 11.7. The molecule has 0 aliphatic heterocycles. The van der Waals surface area contributed by atoms with E-state index in [2.05, 4.69) is 5.32 Å². The molecule has 0 bridgehead atoms.